The average Bonchev–Trinajstić information content (AvgIpc) is 1.89. The van der Waals surface area contributed by atoms with E-state index in [4.69, 9.17) is 0 Å². The highest BCUT2D eigenvalue weighted by Crippen LogP contribution is 2.10. The zero-order valence-corrected chi connectivity index (χ0v) is 5.76. The molecule has 1 rings (SSSR count). The first-order chi connectivity index (χ1) is 4.34. The van der Waals surface area contributed by atoms with Crippen molar-refractivity contribution in [2.75, 3.05) is 6.54 Å². The van der Waals surface area contributed by atoms with Crippen LogP contribution in [0.1, 0.15) is 26.2 Å². The zero-order valence-electron chi connectivity index (χ0n) is 5.76. The van der Waals surface area contributed by atoms with Crippen LogP contribution in [-0.2, 0) is 4.79 Å². The number of hydrogen-bond donors (Lipinski definition) is 0. The van der Waals surface area contributed by atoms with Gasteiger partial charge >= 0.3 is 0 Å². The lowest BCUT2D eigenvalue weighted by molar-refractivity contribution is -0.131. The number of carbonyl (C=O) groups is 1. The van der Waals surface area contributed by atoms with Crippen LogP contribution in [0.4, 0.5) is 0 Å². The first-order valence-electron chi connectivity index (χ1n) is 3.43. The van der Waals surface area contributed by atoms with Crippen molar-refractivity contribution in [2.45, 2.75) is 26.2 Å². The standard InChI is InChI=1S/C7H12NO/c1-2-8-6-4-3-5-7(8)9/h2H,3-6H2,1H3. The van der Waals surface area contributed by atoms with E-state index in [9.17, 15) is 4.79 Å². The van der Waals surface area contributed by atoms with E-state index in [0.29, 0.717) is 0 Å². The van der Waals surface area contributed by atoms with Crippen molar-refractivity contribution in [2.24, 2.45) is 0 Å². The van der Waals surface area contributed by atoms with Crippen LogP contribution in [0.15, 0.2) is 0 Å². The van der Waals surface area contributed by atoms with Crippen LogP contribution in [0.5, 0.6) is 0 Å². The molecule has 0 atom stereocenters. The summed E-state index contributed by atoms with van der Waals surface area (Å²) in [5, 5.41) is 0. The SMILES string of the molecule is C[CH]N1CCCCC1=O. The molecule has 0 N–H and O–H groups in total. The monoisotopic (exact) mass is 126 g/mol. The summed E-state index contributed by atoms with van der Waals surface area (Å²) in [5.74, 6) is 0.281. The Bertz CT molecular complexity index is 111. The maximum Gasteiger partial charge on any atom is 0.222 e. The summed E-state index contributed by atoms with van der Waals surface area (Å²) in [7, 11) is 0. The second-order valence-electron chi connectivity index (χ2n) is 2.30. The average molecular weight is 126 g/mol. The van der Waals surface area contributed by atoms with Crippen LogP contribution >= 0.6 is 0 Å². The van der Waals surface area contributed by atoms with Gasteiger partial charge < -0.3 is 4.90 Å². The van der Waals surface area contributed by atoms with E-state index in [1.54, 1.807) is 4.90 Å². The van der Waals surface area contributed by atoms with Crippen molar-refractivity contribution in [3.8, 4) is 0 Å². The molecule has 0 aromatic rings. The third-order valence-corrected chi connectivity index (χ3v) is 1.67. The van der Waals surface area contributed by atoms with Gasteiger partial charge in [0.2, 0.25) is 5.91 Å². The first-order valence-corrected chi connectivity index (χ1v) is 3.43. The van der Waals surface area contributed by atoms with Gasteiger partial charge in [-0.05, 0) is 19.8 Å². The Morgan fingerprint density at radius 2 is 2.33 bits per heavy atom. The molecular formula is C7H12NO. The van der Waals surface area contributed by atoms with Crippen LogP contribution in [0.25, 0.3) is 0 Å². The Hall–Kier alpha value is -0.530. The Morgan fingerprint density at radius 1 is 1.56 bits per heavy atom. The normalized spacial score (nSPS) is 20.6. The van der Waals surface area contributed by atoms with Gasteiger partial charge in [-0.2, -0.15) is 0 Å². The highest BCUT2D eigenvalue weighted by atomic mass is 16.2. The Labute approximate surface area is 55.8 Å². The number of likely N-dealkylation sites (tertiary alicyclic amines) is 1. The molecule has 0 bridgehead atoms. The molecule has 1 aliphatic rings. The summed E-state index contributed by atoms with van der Waals surface area (Å²) in [5.41, 5.74) is 0. The molecule has 51 valence electrons. The molecule has 0 saturated carbocycles. The number of piperidine rings is 1. The second-order valence-corrected chi connectivity index (χ2v) is 2.30. The molecule has 0 aromatic carbocycles. The van der Waals surface area contributed by atoms with Crippen molar-refractivity contribution >= 4 is 5.91 Å². The van der Waals surface area contributed by atoms with Gasteiger partial charge in [-0.1, -0.05) is 0 Å². The molecule has 1 saturated heterocycles. The molecule has 9 heavy (non-hydrogen) atoms. The third kappa shape index (κ3) is 1.44. The first kappa shape index (κ1) is 6.59. The number of rotatable bonds is 1. The Morgan fingerprint density at radius 3 is 2.78 bits per heavy atom. The van der Waals surface area contributed by atoms with Crippen LogP contribution < -0.4 is 0 Å². The van der Waals surface area contributed by atoms with Crippen molar-refractivity contribution in [3.05, 3.63) is 6.54 Å². The largest absolute Gasteiger partial charge is 0.338 e. The molecule has 0 aromatic heterocycles. The molecule has 0 aliphatic carbocycles. The predicted octanol–water partition coefficient (Wildman–Crippen LogP) is 1.18. The van der Waals surface area contributed by atoms with E-state index in [2.05, 4.69) is 0 Å². The molecule has 0 spiro atoms. The van der Waals surface area contributed by atoms with E-state index in [0.717, 1.165) is 25.8 Å². The minimum absolute atomic E-state index is 0.281. The van der Waals surface area contributed by atoms with Gasteiger partial charge in [0.05, 0.1) is 0 Å². The number of amides is 1. The summed E-state index contributed by atoms with van der Waals surface area (Å²) in [6.45, 7) is 4.69. The smallest absolute Gasteiger partial charge is 0.222 e. The second kappa shape index (κ2) is 2.85. The van der Waals surface area contributed by atoms with Gasteiger partial charge in [-0.15, -0.1) is 0 Å². The van der Waals surface area contributed by atoms with Crippen LogP contribution in [0.2, 0.25) is 0 Å². The van der Waals surface area contributed by atoms with Crippen molar-refractivity contribution in [1.82, 2.24) is 4.90 Å². The molecule has 1 aliphatic heterocycles. The summed E-state index contributed by atoms with van der Waals surface area (Å²) in [4.78, 5) is 12.7. The highest BCUT2D eigenvalue weighted by Gasteiger charge is 2.15. The van der Waals surface area contributed by atoms with Crippen LogP contribution in [0.3, 0.4) is 0 Å². The van der Waals surface area contributed by atoms with Gasteiger partial charge in [0.25, 0.3) is 0 Å². The van der Waals surface area contributed by atoms with Gasteiger partial charge in [0.1, 0.15) is 0 Å². The highest BCUT2D eigenvalue weighted by molar-refractivity contribution is 5.77. The molecule has 1 radical (unpaired) electrons. The molecule has 2 nitrogen and oxygen atoms in total. The lowest BCUT2D eigenvalue weighted by Crippen LogP contribution is -2.31. The zero-order chi connectivity index (χ0) is 6.69. The Kier molecular flexibility index (Phi) is 2.09. The van der Waals surface area contributed by atoms with E-state index in [1.807, 2.05) is 13.5 Å². The topological polar surface area (TPSA) is 20.3 Å². The molecule has 1 heterocycles. The lowest BCUT2D eigenvalue weighted by atomic mass is 10.1. The molecule has 2 heteroatoms. The third-order valence-electron chi connectivity index (χ3n) is 1.67. The quantitative estimate of drug-likeness (QED) is 0.516. The predicted molar refractivity (Wildman–Crippen MR) is 35.5 cm³/mol. The van der Waals surface area contributed by atoms with Crippen LogP contribution in [-0.4, -0.2) is 17.4 Å². The van der Waals surface area contributed by atoms with Crippen molar-refractivity contribution in [3.63, 3.8) is 0 Å². The van der Waals surface area contributed by atoms with E-state index in [1.165, 1.54) is 0 Å². The molecule has 1 fully saturated rings. The maximum atomic E-state index is 10.9. The minimum atomic E-state index is 0.281. The number of nitrogens with zero attached hydrogens (tertiary/aromatic N) is 1. The van der Waals surface area contributed by atoms with E-state index in [-0.39, 0.29) is 5.91 Å². The minimum Gasteiger partial charge on any atom is -0.338 e. The number of hydrogen-bond acceptors (Lipinski definition) is 1. The summed E-state index contributed by atoms with van der Waals surface area (Å²) < 4.78 is 0. The maximum absolute atomic E-state index is 10.9. The van der Waals surface area contributed by atoms with E-state index >= 15 is 0 Å². The number of carbonyl (C=O) groups excluding carboxylic acids is 1. The van der Waals surface area contributed by atoms with E-state index < -0.39 is 0 Å². The fraction of sp³-hybridized carbons (Fsp3) is 0.714. The van der Waals surface area contributed by atoms with Gasteiger partial charge in [0.15, 0.2) is 0 Å². The van der Waals surface area contributed by atoms with Crippen molar-refractivity contribution < 1.29 is 4.79 Å². The molecule has 0 unspecified atom stereocenters. The van der Waals surface area contributed by atoms with Crippen LogP contribution in [0, 0.1) is 6.54 Å². The van der Waals surface area contributed by atoms with Gasteiger partial charge in [-0.25, -0.2) is 0 Å². The fourth-order valence-electron chi connectivity index (χ4n) is 1.10. The van der Waals surface area contributed by atoms with Crippen molar-refractivity contribution in [1.29, 1.82) is 0 Å². The summed E-state index contributed by atoms with van der Waals surface area (Å²) >= 11 is 0. The summed E-state index contributed by atoms with van der Waals surface area (Å²) in [6, 6.07) is 0. The molecular weight excluding hydrogens is 114 g/mol. The summed E-state index contributed by atoms with van der Waals surface area (Å²) in [6.07, 6.45) is 2.98. The fourth-order valence-corrected chi connectivity index (χ4v) is 1.10. The molecule has 1 amide bonds. The lowest BCUT2D eigenvalue weighted by Gasteiger charge is -2.24. The Balaban J connectivity index is 2.39. The van der Waals surface area contributed by atoms with Gasteiger partial charge in [0, 0.05) is 19.5 Å². The van der Waals surface area contributed by atoms with Gasteiger partial charge in [-0.3, -0.25) is 4.79 Å².